The van der Waals surface area contributed by atoms with Gasteiger partial charge in [-0.05, 0) is 38.8 Å². The number of allylic oxidation sites excluding steroid dienone is 1. The maximum Gasteiger partial charge on any atom is 0.344 e. The van der Waals surface area contributed by atoms with E-state index in [-0.39, 0.29) is 16.8 Å². The molecule has 1 atom stereocenters. The van der Waals surface area contributed by atoms with Gasteiger partial charge in [0, 0.05) is 18.2 Å². The van der Waals surface area contributed by atoms with Crippen molar-refractivity contribution in [1.82, 2.24) is 4.90 Å². The number of ketones is 1. The molecule has 2 rings (SSSR count). The average Bonchev–Trinajstić information content (AvgIpc) is 2.67. The number of aryl methyl sites for hydroxylation is 1. The predicted octanol–water partition coefficient (Wildman–Crippen LogP) is 2.58. The van der Waals surface area contributed by atoms with Gasteiger partial charge in [-0.2, -0.15) is 0 Å². The molecule has 0 saturated heterocycles. The molecule has 1 aromatic carbocycles. The second-order valence-electron chi connectivity index (χ2n) is 6.93. The largest absolute Gasteiger partial charge is 0.467 e. The molecule has 0 spiro atoms. The molecule has 154 valence electrons. The number of methoxy groups -OCH3 is 2. The first kappa shape index (κ1) is 22.1. The van der Waals surface area contributed by atoms with Gasteiger partial charge in [0.1, 0.15) is 0 Å². The van der Waals surface area contributed by atoms with Crippen LogP contribution in [0, 0.1) is 6.92 Å². The first-order valence-corrected chi connectivity index (χ1v) is 9.03. The van der Waals surface area contributed by atoms with Gasteiger partial charge in [-0.15, -0.1) is 0 Å². The number of carbonyl (C=O) groups is 4. The molecule has 7 nitrogen and oxygen atoms in total. The minimum atomic E-state index is -2.08. The summed E-state index contributed by atoms with van der Waals surface area (Å²) < 4.78 is 9.88. The summed E-state index contributed by atoms with van der Waals surface area (Å²) in [4.78, 5) is 52.3. The van der Waals surface area contributed by atoms with E-state index >= 15 is 0 Å². The second-order valence-corrected chi connectivity index (χ2v) is 6.93. The Hall–Kier alpha value is -3.22. The maximum absolute atomic E-state index is 12.9. The molecule has 7 heteroatoms. The SMILES string of the molecule is COC(=O)C1=C(C)C(C(C)=O)(C(=O)OC)N(C(C)=O)C(C)=C1c1ccc(C)cc1. The number of esters is 2. The Balaban J connectivity index is 3.04. The van der Waals surface area contributed by atoms with Crippen molar-refractivity contribution in [2.24, 2.45) is 0 Å². The van der Waals surface area contributed by atoms with Crippen LogP contribution < -0.4 is 0 Å². The van der Waals surface area contributed by atoms with Crippen molar-refractivity contribution in [3.63, 3.8) is 0 Å². The molecule has 0 saturated carbocycles. The van der Waals surface area contributed by atoms with Crippen LogP contribution in [0.15, 0.2) is 41.1 Å². The molecule has 1 amide bonds. The molecule has 1 unspecified atom stereocenters. The molecule has 1 aliphatic rings. The Labute approximate surface area is 170 Å². The third-order valence-electron chi connectivity index (χ3n) is 5.24. The van der Waals surface area contributed by atoms with Crippen LogP contribution in [0.2, 0.25) is 0 Å². The van der Waals surface area contributed by atoms with Crippen LogP contribution in [-0.2, 0) is 28.7 Å². The van der Waals surface area contributed by atoms with Gasteiger partial charge < -0.3 is 9.47 Å². The fourth-order valence-electron chi connectivity index (χ4n) is 3.94. The third-order valence-corrected chi connectivity index (χ3v) is 5.24. The van der Waals surface area contributed by atoms with Gasteiger partial charge >= 0.3 is 11.9 Å². The molecule has 0 aromatic heterocycles. The topological polar surface area (TPSA) is 90.0 Å². The van der Waals surface area contributed by atoms with Crippen LogP contribution in [0.3, 0.4) is 0 Å². The Kier molecular flexibility index (Phi) is 6.11. The quantitative estimate of drug-likeness (QED) is 0.571. The van der Waals surface area contributed by atoms with Crippen LogP contribution in [0.25, 0.3) is 5.57 Å². The normalized spacial score (nSPS) is 19.2. The highest BCUT2D eigenvalue weighted by molar-refractivity contribution is 6.19. The van der Waals surface area contributed by atoms with Crippen LogP contribution in [0.1, 0.15) is 38.8 Å². The van der Waals surface area contributed by atoms with Gasteiger partial charge in [-0.25, -0.2) is 9.59 Å². The van der Waals surface area contributed by atoms with E-state index in [1.54, 1.807) is 6.92 Å². The molecular formula is C22H25NO6. The Morgan fingerprint density at radius 3 is 1.86 bits per heavy atom. The number of nitrogens with zero attached hydrogens (tertiary/aromatic N) is 1. The maximum atomic E-state index is 12.9. The number of Topliss-reactive ketones (excluding diaryl/α,β-unsaturated/α-hetero) is 1. The molecule has 0 N–H and O–H groups in total. The fourth-order valence-corrected chi connectivity index (χ4v) is 3.94. The lowest BCUT2D eigenvalue weighted by atomic mass is 9.75. The van der Waals surface area contributed by atoms with E-state index < -0.39 is 29.2 Å². The number of carbonyl (C=O) groups excluding carboxylic acids is 4. The predicted molar refractivity (Wildman–Crippen MR) is 106 cm³/mol. The molecule has 1 heterocycles. The number of hydrogen-bond donors (Lipinski definition) is 0. The molecule has 0 bridgehead atoms. The van der Waals surface area contributed by atoms with Gasteiger partial charge in [-0.3, -0.25) is 14.5 Å². The van der Waals surface area contributed by atoms with Crippen molar-refractivity contribution < 1.29 is 28.7 Å². The molecule has 0 aliphatic carbocycles. The van der Waals surface area contributed by atoms with Gasteiger partial charge in [0.05, 0.1) is 19.8 Å². The highest BCUT2D eigenvalue weighted by Crippen LogP contribution is 2.45. The number of rotatable bonds is 4. The smallest absolute Gasteiger partial charge is 0.344 e. The van der Waals surface area contributed by atoms with E-state index in [4.69, 9.17) is 9.47 Å². The number of hydrogen-bond acceptors (Lipinski definition) is 6. The summed E-state index contributed by atoms with van der Waals surface area (Å²) in [5.41, 5.74) is 0.438. The third kappa shape index (κ3) is 3.26. The number of ether oxygens (including phenoxy) is 2. The molecule has 1 aromatic rings. The molecule has 0 fully saturated rings. The first-order chi connectivity index (χ1) is 13.5. The molecule has 1 aliphatic heterocycles. The lowest BCUT2D eigenvalue weighted by molar-refractivity contribution is -0.161. The van der Waals surface area contributed by atoms with E-state index in [1.807, 2.05) is 31.2 Å². The van der Waals surface area contributed by atoms with Crippen molar-refractivity contribution in [3.8, 4) is 0 Å². The standard InChI is InChI=1S/C22H25NO6/c1-12-8-10-17(11-9-12)19-14(3)23(16(5)25)22(15(4)24,21(27)29-7)13(2)18(19)20(26)28-6/h8-11H,1-7H3. The van der Waals surface area contributed by atoms with E-state index in [2.05, 4.69) is 0 Å². The number of benzene rings is 1. The zero-order valence-corrected chi connectivity index (χ0v) is 17.7. The Morgan fingerprint density at radius 2 is 1.45 bits per heavy atom. The Bertz CT molecular complexity index is 954. The van der Waals surface area contributed by atoms with E-state index in [1.165, 1.54) is 27.9 Å². The summed E-state index contributed by atoms with van der Waals surface area (Å²) in [6, 6.07) is 7.35. The second kappa shape index (κ2) is 8.03. The van der Waals surface area contributed by atoms with Crippen LogP contribution >= 0.6 is 0 Å². The minimum absolute atomic E-state index is 0.0620. The van der Waals surface area contributed by atoms with Crippen LogP contribution in [0.4, 0.5) is 0 Å². The van der Waals surface area contributed by atoms with Crippen molar-refractivity contribution >= 4 is 29.2 Å². The van der Waals surface area contributed by atoms with Gasteiger partial charge in [0.15, 0.2) is 5.78 Å². The lowest BCUT2D eigenvalue weighted by Gasteiger charge is -2.45. The van der Waals surface area contributed by atoms with Crippen LogP contribution in [0.5, 0.6) is 0 Å². The zero-order chi connectivity index (χ0) is 22.1. The average molecular weight is 399 g/mol. The summed E-state index contributed by atoms with van der Waals surface area (Å²) in [6.07, 6.45) is 0. The first-order valence-electron chi connectivity index (χ1n) is 9.03. The summed E-state index contributed by atoms with van der Waals surface area (Å²) in [6.45, 7) is 7.44. The van der Waals surface area contributed by atoms with E-state index in [0.29, 0.717) is 11.1 Å². The van der Waals surface area contributed by atoms with Crippen LogP contribution in [-0.4, -0.2) is 48.3 Å². The van der Waals surface area contributed by atoms with Crippen molar-refractivity contribution in [3.05, 3.63) is 52.2 Å². The molecular weight excluding hydrogens is 374 g/mol. The summed E-state index contributed by atoms with van der Waals surface area (Å²) in [5.74, 6) is -2.83. The van der Waals surface area contributed by atoms with Crippen molar-refractivity contribution in [2.75, 3.05) is 14.2 Å². The lowest BCUT2D eigenvalue weighted by Crippen LogP contribution is -2.63. The van der Waals surface area contributed by atoms with Gasteiger partial charge in [0.25, 0.3) is 0 Å². The monoisotopic (exact) mass is 399 g/mol. The summed E-state index contributed by atoms with van der Waals surface area (Å²) in [7, 11) is 2.35. The highest BCUT2D eigenvalue weighted by Gasteiger charge is 2.58. The van der Waals surface area contributed by atoms with Gasteiger partial charge in [-0.1, -0.05) is 29.8 Å². The minimum Gasteiger partial charge on any atom is -0.467 e. The summed E-state index contributed by atoms with van der Waals surface area (Å²) >= 11 is 0. The van der Waals surface area contributed by atoms with Crippen molar-refractivity contribution in [1.29, 1.82) is 0 Å². The molecule has 0 radical (unpaired) electrons. The van der Waals surface area contributed by atoms with Crippen molar-refractivity contribution in [2.45, 2.75) is 40.2 Å². The molecule has 29 heavy (non-hydrogen) atoms. The zero-order valence-electron chi connectivity index (χ0n) is 17.7. The number of amides is 1. The van der Waals surface area contributed by atoms with E-state index in [9.17, 15) is 19.2 Å². The Morgan fingerprint density at radius 1 is 0.897 bits per heavy atom. The van der Waals surface area contributed by atoms with E-state index in [0.717, 1.165) is 17.6 Å². The highest BCUT2D eigenvalue weighted by atomic mass is 16.5. The summed E-state index contributed by atoms with van der Waals surface area (Å²) in [5, 5.41) is 0. The fraction of sp³-hybridized carbons (Fsp3) is 0.364. The van der Waals surface area contributed by atoms with Gasteiger partial charge in [0.2, 0.25) is 11.4 Å².